The number of halogens is 4. The van der Waals surface area contributed by atoms with Crippen LogP contribution < -0.4 is 4.74 Å². The maximum Gasteiger partial charge on any atom is 0.422 e. The van der Waals surface area contributed by atoms with Crippen LogP contribution in [-0.4, -0.2) is 12.8 Å². The van der Waals surface area contributed by atoms with Gasteiger partial charge < -0.3 is 4.74 Å². The van der Waals surface area contributed by atoms with Gasteiger partial charge in [0.2, 0.25) is 0 Å². The highest BCUT2D eigenvalue weighted by atomic mass is 79.9. The minimum atomic E-state index is -4.31. The lowest BCUT2D eigenvalue weighted by atomic mass is 10.1. The molecule has 0 saturated carbocycles. The fraction of sp³-hybridized carbons (Fsp3) is 0.167. The molecular weight excluding hydrogens is 297 g/mol. The van der Waals surface area contributed by atoms with E-state index in [0.29, 0.717) is 0 Å². The standard InChI is InChI=1S/C12H8BrF3O/c13-10-3-1-9-6-11(4-2-8(9)5-10)17-7-12(14,15)16/h1-6H,7H2. The van der Waals surface area contributed by atoms with Crippen LogP contribution >= 0.6 is 15.9 Å². The van der Waals surface area contributed by atoms with Gasteiger partial charge in [0.1, 0.15) is 5.75 Å². The molecule has 0 unspecified atom stereocenters. The Hall–Kier alpha value is -1.23. The summed E-state index contributed by atoms with van der Waals surface area (Å²) in [6.07, 6.45) is -4.31. The third-order valence-corrected chi connectivity index (χ3v) is 2.67. The summed E-state index contributed by atoms with van der Waals surface area (Å²) in [7, 11) is 0. The third-order valence-electron chi connectivity index (χ3n) is 2.18. The normalized spacial score (nSPS) is 11.8. The Morgan fingerprint density at radius 3 is 2.35 bits per heavy atom. The van der Waals surface area contributed by atoms with Crippen LogP contribution in [0.3, 0.4) is 0 Å². The van der Waals surface area contributed by atoms with Crippen LogP contribution in [0.15, 0.2) is 40.9 Å². The van der Waals surface area contributed by atoms with Crippen LogP contribution in [0, 0.1) is 0 Å². The zero-order chi connectivity index (χ0) is 12.5. The molecule has 90 valence electrons. The van der Waals surface area contributed by atoms with Gasteiger partial charge in [-0.15, -0.1) is 0 Å². The lowest BCUT2D eigenvalue weighted by Gasteiger charge is -2.09. The minimum absolute atomic E-state index is 0.220. The quantitative estimate of drug-likeness (QED) is 0.791. The first-order valence-corrected chi connectivity index (χ1v) is 5.62. The van der Waals surface area contributed by atoms with Gasteiger partial charge in [-0.2, -0.15) is 13.2 Å². The summed E-state index contributed by atoms with van der Waals surface area (Å²) in [5.74, 6) is 0.220. The molecule has 2 rings (SSSR count). The largest absolute Gasteiger partial charge is 0.484 e. The van der Waals surface area contributed by atoms with Crippen LogP contribution in [0.5, 0.6) is 5.75 Å². The molecule has 0 saturated heterocycles. The molecule has 0 fully saturated rings. The summed E-state index contributed by atoms with van der Waals surface area (Å²) >= 11 is 3.33. The molecular formula is C12H8BrF3O. The molecule has 0 atom stereocenters. The first-order chi connectivity index (χ1) is 7.94. The Bertz CT molecular complexity index is 537. The summed E-state index contributed by atoms with van der Waals surface area (Å²) < 4.78 is 41.5. The predicted molar refractivity (Wildman–Crippen MR) is 63.2 cm³/mol. The second-order valence-electron chi connectivity index (χ2n) is 3.56. The van der Waals surface area contributed by atoms with Gasteiger partial charge in [0, 0.05) is 4.47 Å². The van der Waals surface area contributed by atoms with E-state index in [0.717, 1.165) is 15.2 Å². The summed E-state index contributed by atoms with van der Waals surface area (Å²) in [4.78, 5) is 0. The van der Waals surface area contributed by atoms with Gasteiger partial charge in [-0.1, -0.05) is 28.1 Å². The smallest absolute Gasteiger partial charge is 0.422 e. The zero-order valence-electron chi connectivity index (χ0n) is 8.59. The van der Waals surface area contributed by atoms with E-state index in [9.17, 15) is 13.2 Å². The van der Waals surface area contributed by atoms with E-state index in [1.807, 2.05) is 18.2 Å². The Balaban J connectivity index is 2.23. The zero-order valence-corrected chi connectivity index (χ0v) is 10.2. The van der Waals surface area contributed by atoms with E-state index in [1.165, 1.54) is 6.07 Å². The van der Waals surface area contributed by atoms with Gasteiger partial charge in [-0.25, -0.2) is 0 Å². The van der Waals surface area contributed by atoms with Gasteiger partial charge in [-0.3, -0.25) is 0 Å². The second kappa shape index (κ2) is 4.56. The van der Waals surface area contributed by atoms with Crippen molar-refractivity contribution < 1.29 is 17.9 Å². The van der Waals surface area contributed by atoms with Crippen molar-refractivity contribution in [1.29, 1.82) is 0 Å². The molecule has 0 radical (unpaired) electrons. The van der Waals surface area contributed by atoms with Crippen LogP contribution in [0.4, 0.5) is 13.2 Å². The molecule has 0 amide bonds. The van der Waals surface area contributed by atoms with E-state index in [2.05, 4.69) is 20.7 Å². The highest BCUT2D eigenvalue weighted by molar-refractivity contribution is 9.10. The van der Waals surface area contributed by atoms with E-state index >= 15 is 0 Å². The fourth-order valence-corrected chi connectivity index (χ4v) is 1.83. The minimum Gasteiger partial charge on any atom is -0.484 e. The fourth-order valence-electron chi connectivity index (χ4n) is 1.45. The molecule has 0 heterocycles. The third kappa shape index (κ3) is 3.36. The maximum atomic E-state index is 12.0. The second-order valence-corrected chi connectivity index (χ2v) is 4.47. The van der Waals surface area contributed by atoms with E-state index in [4.69, 9.17) is 0 Å². The number of rotatable bonds is 2. The molecule has 0 aliphatic heterocycles. The molecule has 2 aromatic rings. The summed E-state index contributed by atoms with van der Waals surface area (Å²) in [5, 5.41) is 1.78. The number of fused-ring (bicyclic) bond motifs is 1. The van der Waals surface area contributed by atoms with Crippen molar-refractivity contribution in [3.05, 3.63) is 40.9 Å². The van der Waals surface area contributed by atoms with Gasteiger partial charge in [-0.05, 0) is 35.0 Å². The van der Waals surface area contributed by atoms with Crippen LogP contribution in [0.2, 0.25) is 0 Å². The maximum absolute atomic E-state index is 12.0. The number of benzene rings is 2. The Morgan fingerprint density at radius 1 is 1.00 bits per heavy atom. The first kappa shape index (κ1) is 12.2. The molecule has 0 aliphatic carbocycles. The molecule has 5 heteroatoms. The highest BCUT2D eigenvalue weighted by Crippen LogP contribution is 2.25. The van der Waals surface area contributed by atoms with Gasteiger partial charge >= 0.3 is 6.18 Å². The van der Waals surface area contributed by atoms with Crippen LogP contribution in [0.25, 0.3) is 10.8 Å². The van der Waals surface area contributed by atoms with Crippen molar-refractivity contribution in [2.75, 3.05) is 6.61 Å². The average Bonchev–Trinajstić information content (AvgIpc) is 2.25. The lowest BCUT2D eigenvalue weighted by Crippen LogP contribution is -2.19. The average molecular weight is 305 g/mol. The summed E-state index contributed by atoms with van der Waals surface area (Å²) in [5.41, 5.74) is 0. The Kier molecular flexibility index (Phi) is 3.28. The predicted octanol–water partition coefficient (Wildman–Crippen LogP) is 4.54. The van der Waals surface area contributed by atoms with Gasteiger partial charge in [0.05, 0.1) is 0 Å². The SMILES string of the molecule is FC(F)(F)COc1ccc2cc(Br)ccc2c1. The molecule has 0 aliphatic rings. The number of alkyl halides is 3. The molecule has 0 aromatic heterocycles. The molecule has 0 bridgehead atoms. The van der Waals surface area contributed by atoms with Crippen molar-refractivity contribution in [1.82, 2.24) is 0 Å². The summed E-state index contributed by atoms with van der Waals surface area (Å²) in [6, 6.07) is 10.4. The van der Waals surface area contributed by atoms with Crippen molar-refractivity contribution in [3.63, 3.8) is 0 Å². The molecule has 17 heavy (non-hydrogen) atoms. The van der Waals surface area contributed by atoms with Gasteiger partial charge in [0.15, 0.2) is 6.61 Å². The lowest BCUT2D eigenvalue weighted by molar-refractivity contribution is -0.153. The van der Waals surface area contributed by atoms with Gasteiger partial charge in [0.25, 0.3) is 0 Å². The van der Waals surface area contributed by atoms with Crippen molar-refractivity contribution in [3.8, 4) is 5.75 Å². The van der Waals surface area contributed by atoms with Crippen molar-refractivity contribution >= 4 is 26.7 Å². The molecule has 2 aromatic carbocycles. The van der Waals surface area contributed by atoms with E-state index < -0.39 is 12.8 Å². The monoisotopic (exact) mass is 304 g/mol. The van der Waals surface area contributed by atoms with Crippen LogP contribution in [0.1, 0.15) is 0 Å². The van der Waals surface area contributed by atoms with E-state index in [-0.39, 0.29) is 5.75 Å². The Morgan fingerprint density at radius 2 is 1.65 bits per heavy atom. The Labute approximate surface area is 104 Å². The van der Waals surface area contributed by atoms with Crippen molar-refractivity contribution in [2.45, 2.75) is 6.18 Å². The topological polar surface area (TPSA) is 9.23 Å². The van der Waals surface area contributed by atoms with Crippen LogP contribution in [-0.2, 0) is 0 Å². The van der Waals surface area contributed by atoms with E-state index in [1.54, 1.807) is 12.1 Å². The number of hydrogen-bond donors (Lipinski definition) is 0. The first-order valence-electron chi connectivity index (χ1n) is 4.83. The molecule has 1 nitrogen and oxygen atoms in total. The highest BCUT2D eigenvalue weighted by Gasteiger charge is 2.28. The van der Waals surface area contributed by atoms with Crippen molar-refractivity contribution in [2.24, 2.45) is 0 Å². The number of hydrogen-bond acceptors (Lipinski definition) is 1. The number of ether oxygens (including phenoxy) is 1. The molecule has 0 spiro atoms. The summed E-state index contributed by atoms with van der Waals surface area (Å²) in [6.45, 7) is -1.27. The molecule has 0 N–H and O–H groups in total.